The normalized spacial score (nSPS) is 10.4. The molecule has 2 heterocycles. The van der Waals surface area contributed by atoms with E-state index in [1.54, 1.807) is 17.9 Å². The fourth-order valence-corrected chi connectivity index (χ4v) is 1.63. The number of carbonyl (C=O) groups is 2. The van der Waals surface area contributed by atoms with E-state index < -0.39 is 11.9 Å². The molecule has 0 aliphatic carbocycles. The van der Waals surface area contributed by atoms with Gasteiger partial charge in [0.2, 0.25) is 5.91 Å². The fourth-order valence-electron chi connectivity index (χ4n) is 1.63. The van der Waals surface area contributed by atoms with Crippen molar-refractivity contribution >= 4 is 11.9 Å². The molecule has 2 rings (SSSR count). The van der Waals surface area contributed by atoms with Crippen molar-refractivity contribution in [3.05, 3.63) is 18.1 Å². The van der Waals surface area contributed by atoms with Gasteiger partial charge >= 0.3 is 5.97 Å². The maximum Gasteiger partial charge on any atom is 0.360 e. The summed E-state index contributed by atoms with van der Waals surface area (Å²) >= 11 is 0. The Hall–Kier alpha value is -2.71. The molecular weight excluding hydrogens is 252 g/mol. The number of aryl methyl sites for hydroxylation is 1. The molecule has 1 amide bonds. The molecule has 9 nitrogen and oxygen atoms in total. The monoisotopic (exact) mass is 264 g/mol. The number of amides is 1. The summed E-state index contributed by atoms with van der Waals surface area (Å²) in [4.78, 5) is 22.6. The van der Waals surface area contributed by atoms with Crippen molar-refractivity contribution in [3.63, 3.8) is 0 Å². The number of hydrogen-bond acceptors (Lipinski definition) is 6. The van der Waals surface area contributed by atoms with Crippen molar-refractivity contribution in [2.75, 3.05) is 7.11 Å². The van der Waals surface area contributed by atoms with Crippen molar-refractivity contribution in [2.45, 2.75) is 6.54 Å². The van der Waals surface area contributed by atoms with Crippen LogP contribution < -0.4 is 5.73 Å². The second kappa shape index (κ2) is 4.88. The Morgan fingerprint density at radius 2 is 2.21 bits per heavy atom. The van der Waals surface area contributed by atoms with Crippen molar-refractivity contribution in [1.29, 1.82) is 0 Å². The maximum atomic E-state index is 11.6. The molecule has 19 heavy (non-hydrogen) atoms. The molecule has 0 unspecified atom stereocenters. The quantitative estimate of drug-likeness (QED) is 0.704. The van der Waals surface area contributed by atoms with E-state index in [1.165, 1.54) is 18.0 Å². The lowest BCUT2D eigenvalue weighted by molar-refractivity contribution is -0.118. The zero-order valence-corrected chi connectivity index (χ0v) is 10.4. The second-order valence-electron chi connectivity index (χ2n) is 3.80. The van der Waals surface area contributed by atoms with E-state index in [-0.39, 0.29) is 12.2 Å². The Morgan fingerprint density at radius 1 is 1.47 bits per heavy atom. The number of aromatic nitrogens is 5. The lowest BCUT2D eigenvalue weighted by Gasteiger charge is -2.03. The van der Waals surface area contributed by atoms with Crippen LogP contribution in [0.1, 0.15) is 10.5 Å². The average Bonchev–Trinajstić information content (AvgIpc) is 2.93. The Morgan fingerprint density at radius 3 is 2.74 bits per heavy atom. The Labute approximate surface area is 107 Å². The van der Waals surface area contributed by atoms with E-state index in [9.17, 15) is 9.59 Å². The van der Waals surface area contributed by atoms with Gasteiger partial charge in [-0.05, 0) is 0 Å². The van der Waals surface area contributed by atoms with Crippen molar-refractivity contribution in [3.8, 4) is 11.3 Å². The van der Waals surface area contributed by atoms with Gasteiger partial charge in [0.1, 0.15) is 12.2 Å². The van der Waals surface area contributed by atoms with Crippen LogP contribution >= 0.6 is 0 Å². The minimum Gasteiger partial charge on any atom is -0.464 e. The molecule has 0 radical (unpaired) electrons. The maximum absolute atomic E-state index is 11.6. The third-order valence-corrected chi connectivity index (χ3v) is 2.40. The number of methoxy groups -OCH3 is 1. The molecule has 100 valence electrons. The van der Waals surface area contributed by atoms with Gasteiger partial charge in [-0.2, -0.15) is 5.10 Å². The summed E-state index contributed by atoms with van der Waals surface area (Å²) in [7, 11) is 2.96. The molecule has 0 aromatic carbocycles. The van der Waals surface area contributed by atoms with Gasteiger partial charge in [0.15, 0.2) is 5.69 Å². The van der Waals surface area contributed by atoms with Gasteiger partial charge in [0.05, 0.1) is 13.3 Å². The predicted octanol–water partition coefficient (Wildman–Crippen LogP) is -1.05. The molecular formula is C10H12N6O3. The van der Waals surface area contributed by atoms with E-state index in [2.05, 4.69) is 20.1 Å². The van der Waals surface area contributed by atoms with Gasteiger partial charge < -0.3 is 10.5 Å². The zero-order chi connectivity index (χ0) is 14.0. The summed E-state index contributed by atoms with van der Waals surface area (Å²) in [5, 5.41) is 11.5. The summed E-state index contributed by atoms with van der Waals surface area (Å²) in [5.41, 5.74) is 6.08. The molecule has 0 atom stereocenters. The van der Waals surface area contributed by atoms with Crippen LogP contribution in [0, 0.1) is 0 Å². The predicted molar refractivity (Wildman–Crippen MR) is 62.8 cm³/mol. The number of nitrogens with zero attached hydrogens (tertiary/aromatic N) is 5. The van der Waals surface area contributed by atoms with Crippen LogP contribution in [0.2, 0.25) is 0 Å². The summed E-state index contributed by atoms with van der Waals surface area (Å²) in [6.07, 6.45) is 3.20. The van der Waals surface area contributed by atoms with Gasteiger partial charge in [0.25, 0.3) is 0 Å². The number of nitrogens with two attached hydrogens (primary N) is 1. The summed E-state index contributed by atoms with van der Waals surface area (Å²) in [6.45, 7) is -0.186. The summed E-state index contributed by atoms with van der Waals surface area (Å²) < 4.78 is 7.42. The Bertz CT molecular complexity index is 629. The van der Waals surface area contributed by atoms with Crippen molar-refractivity contribution < 1.29 is 14.3 Å². The topological polar surface area (TPSA) is 118 Å². The first-order chi connectivity index (χ1) is 9.02. The molecule has 0 aliphatic heterocycles. The SMILES string of the molecule is COC(=O)c1nnn(CC(N)=O)c1-c1cnn(C)c1. The lowest BCUT2D eigenvalue weighted by Crippen LogP contribution is -2.20. The Balaban J connectivity index is 2.55. The molecule has 9 heteroatoms. The van der Waals surface area contributed by atoms with E-state index in [0.29, 0.717) is 11.3 Å². The number of ether oxygens (including phenoxy) is 1. The molecule has 0 spiro atoms. The van der Waals surface area contributed by atoms with Gasteiger partial charge in [-0.3, -0.25) is 9.48 Å². The van der Waals surface area contributed by atoms with Gasteiger partial charge in [-0.25, -0.2) is 9.48 Å². The van der Waals surface area contributed by atoms with E-state index in [0.717, 1.165) is 0 Å². The molecule has 0 fully saturated rings. The highest BCUT2D eigenvalue weighted by atomic mass is 16.5. The highest BCUT2D eigenvalue weighted by Gasteiger charge is 2.23. The van der Waals surface area contributed by atoms with E-state index in [4.69, 9.17) is 5.73 Å². The van der Waals surface area contributed by atoms with Crippen LogP contribution in [0.5, 0.6) is 0 Å². The van der Waals surface area contributed by atoms with E-state index >= 15 is 0 Å². The minimum absolute atomic E-state index is 0.0109. The largest absolute Gasteiger partial charge is 0.464 e. The molecule has 2 aromatic rings. The number of rotatable bonds is 4. The molecule has 0 aliphatic rings. The van der Waals surface area contributed by atoms with Crippen LogP contribution in [0.15, 0.2) is 12.4 Å². The highest BCUT2D eigenvalue weighted by Crippen LogP contribution is 2.22. The smallest absolute Gasteiger partial charge is 0.360 e. The van der Waals surface area contributed by atoms with Gasteiger partial charge in [0, 0.05) is 18.8 Å². The molecule has 0 bridgehead atoms. The molecule has 2 aromatic heterocycles. The van der Waals surface area contributed by atoms with Crippen LogP contribution in [0.3, 0.4) is 0 Å². The first-order valence-electron chi connectivity index (χ1n) is 5.32. The fraction of sp³-hybridized carbons (Fsp3) is 0.300. The van der Waals surface area contributed by atoms with Crippen LogP contribution in [-0.4, -0.2) is 43.8 Å². The van der Waals surface area contributed by atoms with Crippen LogP contribution in [0.25, 0.3) is 11.3 Å². The summed E-state index contributed by atoms with van der Waals surface area (Å²) in [5.74, 6) is -1.24. The first-order valence-corrected chi connectivity index (χ1v) is 5.32. The zero-order valence-electron chi connectivity index (χ0n) is 10.4. The highest BCUT2D eigenvalue weighted by molar-refractivity contribution is 5.94. The standard InChI is InChI=1S/C10H12N6O3/c1-15-4-6(3-12-15)9-8(10(18)19-2)13-14-16(9)5-7(11)17/h3-4H,5H2,1-2H3,(H2,11,17). The van der Waals surface area contributed by atoms with E-state index in [1.807, 2.05) is 0 Å². The summed E-state index contributed by atoms with van der Waals surface area (Å²) in [6, 6.07) is 0. The lowest BCUT2D eigenvalue weighted by atomic mass is 10.2. The third kappa shape index (κ3) is 2.44. The second-order valence-corrected chi connectivity index (χ2v) is 3.80. The van der Waals surface area contributed by atoms with Gasteiger partial charge in [-0.15, -0.1) is 5.10 Å². The number of primary amides is 1. The van der Waals surface area contributed by atoms with Crippen molar-refractivity contribution in [2.24, 2.45) is 12.8 Å². The van der Waals surface area contributed by atoms with Crippen molar-refractivity contribution in [1.82, 2.24) is 24.8 Å². The molecule has 0 saturated carbocycles. The average molecular weight is 264 g/mol. The molecule has 0 saturated heterocycles. The van der Waals surface area contributed by atoms with Gasteiger partial charge in [-0.1, -0.05) is 5.21 Å². The van der Waals surface area contributed by atoms with Crippen LogP contribution in [-0.2, 0) is 23.1 Å². The first kappa shape index (κ1) is 12.7. The Kier molecular flexibility index (Phi) is 3.27. The minimum atomic E-state index is -0.644. The number of hydrogen-bond donors (Lipinski definition) is 1. The third-order valence-electron chi connectivity index (χ3n) is 2.40. The number of esters is 1. The number of carbonyl (C=O) groups excluding carboxylic acids is 2. The van der Waals surface area contributed by atoms with Crippen LogP contribution in [0.4, 0.5) is 0 Å². The molecule has 2 N–H and O–H groups in total.